The molecule has 1 aliphatic rings. The van der Waals surface area contributed by atoms with E-state index in [1.807, 2.05) is 0 Å². The van der Waals surface area contributed by atoms with Crippen molar-refractivity contribution in [1.29, 1.82) is 0 Å². The second-order valence-corrected chi connectivity index (χ2v) is 18.2. The maximum atomic E-state index is 6.66. The third-order valence-corrected chi connectivity index (χ3v) is 15.1. The van der Waals surface area contributed by atoms with Crippen molar-refractivity contribution in [3.8, 4) is 44.5 Å². The van der Waals surface area contributed by atoms with Crippen molar-refractivity contribution in [3.05, 3.63) is 132 Å². The second kappa shape index (κ2) is 13.0. The molecule has 1 aromatic heterocycles. The average molecular weight is 757 g/mol. The molecule has 0 radical (unpaired) electrons. The Balaban J connectivity index is 1.22. The van der Waals surface area contributed by atoms with Crippen molar-refractivity contribution in [1.82, 2.24) is 0 Å². The van der Waals surface area contributed by atoms with E-state index < -0.39 is 0 Å². The summed E-state index contributed by atoms with van der Waals surface area (Å²) in [5.41, 5.74) is 25.9. The van der Waals surface area contributed by atoms with Crippen molar-refractivity contribution in [3.63, 3.8) is 0 Å². The van der Waals surface area contributed by atoms with Crippen molar-refractivity contribution < 1.29 is 4.42 Å². The van der Waals surface area contributed by atoms with Crippen LogP contribution in [0.25, 0.3) is 98.8 Å². The van der Waals surface area contributed by atoms with E-state index in [4.69, 9.17) is 4.42 Å². The average Bonchev–Trinajstić information content (AvgIpc) is 3.77. The van der Waals surface area contributed by atoms with E-state index in [9.17, 15) is 0 Å². The first kappa shape index (κ1) is 37.1. The predicted molar refractivity (Wildman–Crippen MR) is 286 cm³/mol. The Hall–Kier alpha value is -5.92. The van der Waals surface area contributed by atoms with Gasteiger partial charge in [0.05, 0.1) is 0 Å². The highest BCUT2D eigenvalue weighted by Gasteiger charge is 2.36. The Morgan fingerprint density at radius 1 is 0.383 bits per heavy atom. The van der Waals surface area contributed by atoms with Gasteiger partial charge < -0.3 is 4.42 Å². The molecule has 0 N–H and O–H groups in total. The van der Waals surface area contributed by atoms with Crippen LogP contribution in [-0.2, 0) is 5.41 Å². The number of fused-ring (bicyclic) bond motifs is 10. The smallest absolute Gasteiger partial charge is 0.143 e. The van der Waals surface area contributed by atoms with E-state index in [-0.39, 0.29) is 5.41 Å². The molecule has 0 aliphatic heterocycles. The summed E-state index contributed by atoms with van der Waals surface area (Å²) in [6.45, 7) is 4.73. The van der Waals surface area contributed by atoms with Gasteiger partial charge in [0.1, 0.15) is 73.9 Å². The lowest BCUT2D eigenvalue weighted by Crippen LogP contribution is -2.50. The van der Waals surface area contributed by atoms with Crippen LogP contribution in [0.1, 0.15) is 25.0 Å². The van der Waals surface area contributed by atoms with Crippen LogP contribution < -0.4 is 43.7 Å². The Morgan fingerprint density at radius 2 is 0.900 bits per heavy atom. The topological polar surface area (TPSA) is 13.1 Å². The van der Waals surface area contributed by atoms with Gasteiger partial charge in [-0.1, -0.05) is 139 Å². The normalized spacial score (nSPS) is 13.2. The molecule has 0 fully saturated rings. The van der Waals surface area contributed by atoms with Crippen LogP contribution in [0.5, 0.6) is 0 Å². The van der Waals surface area contributed by atoms with Crippen LogP contribution in [0, 0.1) is 0 Å². The van der Waals surface area contributed by atoms with Crippen LogP contribution in [-0.4, -0.2) is 62.8 Å². The maximum Gasteiger partial charge on any atom is 0.143 e. The summed E-state index contributed by atoms with van der Waals surface area (Å²) < 4.78 is 6.66. The van der Waals surface area contributed by atoms with Gasteiger partial charge in [-0.25, -0.2) is 0 Å². The molecule has 0 atom stereocenters. The van der Waals surface area contributed by atoms with E-state index in [0.717, 1.165) is 27.3 Å². The minimum Gasteiger partial charge on any atom is -0.455 e. The zero-order chi connectivity index (χ0) is 41.5. The molecule has 0 bridgehead atoms. The molecule has 1 aliphatic carbocycles. The summed E-state index contributed by atoms with van der Waals surface area (Å²) in [5.74, 6) is 0. The van der Waals surface area contributed by atoms with Crippen molar-refractivity contribution in [2.75, 3.05) is 0 Å². The van der Waals surface area contributed by atoms with Crippen molar-refractivity contribution >= 4 is 161 Å². The lowest BCUT2D eigenvalue weighted by Gasteiger charge is -2.28. The van der Waals surface area contributed by atoms with Gasteiger partial charge in [0.15, 0.2) is 0 Å². The summed E-state index contributed by atoms with van der Waals surface area (Å²) in [4.78, 5) is 0. The monoisotopic (exact) mass is 758 g/mol. The quantitative estimate of drug-likeness (QED) is 0.189. The zero-order valence-electron chi connectivity index (χ0n) is 36.5. The van der Waals surface area contributed by atoms with Crippen LogP contribution in [0.4, 0.5) is 0 Å². The number of benzene rings is 9. The van der Waals surface area contributed by atoms with Crippen LogP contribution in [0.15, 0.2) is 126 Å². The summed E-state index contributed by atoms with van der Waals surface area (Å²) >= 11 is 0. The largest absolute Gasteiger partial charge is 0.455 e. The lowest BCUT2D eigenvalue weighted by molar-refractivity contribution is 0.660. The number of furan rings is 1. The molecule has 9 heteroatoms. The van der Waals surface area contributed by atoms with Gasteiger partial charge in [0.2, 0.25) is 0 Å². The Bertz CT molecular complexity index is 3470. The van der Waals surface area contributed by atoms with Gasteiger partial charge in [0.25, 0.3) is 0 Å². The minimum absolute atomic E-state index is 0.0399. The van der Waals surface area contributed by atoms with E-state index in [1.54, 1.807) is 0 Å². The Kier molecular flexibility index (Phi) is 8.06. The first-order valence-electron chi connectivity index (χ1n) is 21.5. The predicted octanol–water partition coefficient (Wildman–Crippen LogP) is 0.420. The highest BCUT2D eigenvalue weighted by atomic mass is 16.3. The molecule has 11 rings (SSSR count). The maximum absolute atomic E-state index is 6.66. The second-order valence-electron chi connectivity index (χ2n) is 18.2. The molecule has 9 aromatic carbocycles. The highest BCUT2D eigenvalue weighted by molar-refractivity contribution is 6.71. The van der Waals surface area contributed by atoms with E-state index >= 15 is 0 Å². The third-order valence-electron chi connectivity index (χ3n) is 15.1. The van der Waals surface area contributed by atoms with E-state index in [2.05, 4.69) is 198 Å². The molecule has 1 nitrogen and oxygen atoms in total. The molecule has 0 saturated heterocycles. The summed E-state index contributed by atoms with van der Waals surface area (Å²) in [6.07, 6.45) is 0. The molecule has 0 amide bonds. The lowest BCUT2D eigenvalue weighted by atomic mass is 9.59. The fourth-order valence-corrected chi connectivity index (χ4v) is 11.2. The molecule has 0 unspecified atom stereocenters. The SMILES string of the molecule is Bc1c(B)c(B)c2c(-c3ccc4oc5c6ccccc6ccc5c4c3)c3c(B)c(B)c(B)c(B)c3c(-c3ccc(-c4cccc5c4-c4ccccc4C5(C)C)cc3)c2c1B. The van der Waals surface area contributed by atoms with Crippen LogP contribution in [0.3, 0.4) is 0 Å². The van der Waals surface area contributed by atoms with Gasteiger partial charge in [-0.2, -0.15) is 0 Å². The molecule has 1 heterocycles. The van der Waals surface area contributed by atoms with Crippen LogP contribution in [0.2, 0.25) is 0 Å². The number of hydrogen-bond donors (Lipinski definition) is 0. The molecule has 10 aromatic rings. The first-order chi connectivity index (χ1) is 28.9. The Morgan fingerprint density at radius 3 is 1.55 bits per heavy atom. The molecule has 0 spiro atoms. The van der Waals surface area contributed by atoms with Gasteiger partial charge >= 0.3 is 0 Å². The fraction of sp³-hybridized carbons (Fsp3) is 0.0588. The molecular formula is C51H42B8O. The van der Waals surface area contributed by atoms with Crippen molar-refractivity contribution in [2.45, 2.75) is 19.3 Å². The van der Waals surface area contributed by atoms with Gasteiger partial charge in [0, 0.05) is 21.6 Å². The summed E-state index contributed by atoms with van der Waals surface area (Å²) in [7, 11) is 18.7. The Labute approximate surface area is 359 Å². The minimum atomic E-state index is -0.0399. The van der Waals surface area contributed by atoms with Gasteiger partial charge in [-0.15, -0.1) is 21.9 Å². The third kappa shape index (κ3) is 4.93. The number of hydrogen-bond acceptors (Lipinski definition) is 1. The van der Waals surface area contributed by atoms with Gasteiger partial charge in [-0.05, 0) is 101 Å². The first-order valence-corrected chi connectivity index (χ1v) is 21.5. The molecule has 60 heavy (non-hydrogen) atoms. The summed E-state index contributed by atoms with van der Waals surface area (Å²) in [6, 6.07) is 45.3. The highest BCUT2D eigenvalue weighted by Crippen LogP contribution is 2.52. The van der Waals surface area contributed by atoms with Gasteiger partial charge in [-0.3, -0.25) is 0 Å². The van der Waals surface area contributed by atoms with E-state index in [1.165, 1.54) is 126 Å². The van der Waals surface area contributed by atoms with E-state index in [0.29, 0.717) is 0 Å². The molecule has 0 saturated carbocycles. The number of rotatable bonds is 3. The standard InChI is InChI=1S/C51H42B8O/c1-51(2)32-12-6-5-10-30(32)37-27(11-7-13-33(37)51)24-14-16-25(17-15-24)35-38-40(44(54)48(58)46(56)42(38)52)36(41-39(35)43(53)47(57)49(59)45(41)55)26-19-21-34-31(22-26)29-20-18-23-8-3-4-9-28(23)50(29)60-34/h3-22H,52-59H2,1-2H3. The molecular weight excluding hydrogens is 715 g/mol. The molecule has 276 valence electrons. The zero-order valence-corrected chi connectivity index (χ0v) is 36.5. The van der Waals surface area contributed by atoms with Crippen molar-refractivity contribution in [2.24, 2.45) is 0 Å². The fourth-order valence-electron chi connectivity index (χ4n) is 11.2. The summed E-state index contributed by atoms with van der Waals surface area (Å²) in [5, 5.41) is 10.1. The van der Waals surface area contributed by atoms with Crippen LogP contribution >= 0.6 is 0 Å².